The lowest BCUT2D eigenvalue weighted by Crippen LogP contribution is -2.46. The Hall–Kier alpha value is -1.31. The molecule has 7 heteroatoms. The van der Waals surface area contributed by atoms with Gasteiger partial charge in [0.25, 0.3) is 0 Å². The van der Waals surface area contributed by atoms with Crippen LogP contribution in [0.2, 0.25) is 0 Å². The van der Waals surface area contributed by atoms with Gasteiger partial charge in [0.2, 0.25) is 0 Å². The van der Waals surface area contributed by atoms with Gasteiger partial charge in [0.1, 0.15) is 16.5 Å². The van der Waals surface area contributed by atoms with Crippen LogP contribution in [0, 0.1) is 0 Å². The molecule has 0 radical (unpaired) electrons. The lowest BCUT2D eigenvalue weighted by Gasteiger charge is -2.35. The first-order valence-electron chi connectivity index (χ1n) is 6.13. The zero-order chi connectivity index (χ0) is 13.9. The average molecular weight is 282 g/mol. The van der Waals surface area contributed by atoms with Crippen molar-refractivity contribution in [3.05, 3.63) is 18.1 Å². The van der Waals surface area contributed by atoms with Gasteiger partial charge in [-0.15, -0.1) is 0 Å². The van der Waals surface area contributed by atoms with Crippen LogP contribution in [0.4, 0.5) is 5.82 Å². The summed E-state index contributed by atoms with van der Waals surface area (Å²) in [4.78, 5) is 10.5. The van der Waals surface area contributed by atoms with Gasteiger partial charge in [-0.25, -0.2) is 9.97 Å². The third kappa shape index (κ3) is 3.59. The fraction of sp³-hybridized carbons (Fsp3) is 0.583. The summed E-state index contributed by atoms with van der Waals surface area (Å²) < 4.78 is 5.26. The Morgan fingerprint density at radius 1 is 1.47 bits per heavy atom. The normalized spacial score (nSPS) is 18.0. The molecule has 0 amide bonds. The van der Waals surface area contributed by atoms with Crippen LogP contribution in [0.25, 0.3) is 0 Å². The number of anilines is 1. The predicted molar refractivity (Wildman–Crippen MR) is 76.2 cm³/mol. The molecule has 0 aliphatic carbocycles. The van der Waals surface area contributed by atoms with Crippen LogP contribution in [-0.4, -0.2) is 52.5 Å². The molecule has 0 spiro atoms. The van der Waals surface area contributed by atoms with Gasteiger partial charge in [-0.3, -0.25) is 0 Å². The van der Waals surface area contributed by atoms with Crippen LogP contribution in [0.15, 0.2) is 12.4 Å². The van der Waals surface area contributed by atoms with Crippen molar-refractivity contribution in [1.29, 1.82) is 0 Å². The number of thiocarbonyl (C=S) groups is 1. The SMILES string of the molecule is CN(CC1(O)CCOCC1)c1cnc(C(N)=S)cn1. The highest BCUT2D eigenvalue weighted by Crippen LogP contribution is 2.22. The van der Waals surface area contributed by atoms with Crippen molar-refractivity contribution in [2.24, 2.45) is 5.73 Å². The lowest BCUT2D eigenvalue weighted by molar-refractivity contribution is -0.0573. The number of hydrogen-bond acceptors (Lipinski definition) is 6. The average Bonchev–Trinajstić information content (AvgIpc) is 2.39. The smallest absolute Gasteiger partial charge is 0.146 e. The molecule has 1 aliphatic rings. The second kappa shape index (κ2) is 5.77. The van der Waals surface area contributed by atoms with E-state index in [1.807, 2.05) is 11.9 Å². The number of ether oxygens (including phenoxy) is 1. The topological polar surface area (TPSA) is 84.5 Å². The molecule has 0 bridgehead atoms. The van der Waals surface area contributed by atoms with Crippen molar-refractivity contribution < 1.29 is 9.84 Å². The molecule has 6 nitrogen and oxygen atoms in total. The molecular formula is C12H18N4O2S. The van der Waals surface area contributed by atoms with Crippen molar-refractivity contribution in [2.45, 2.75) is 18.4 Å². The fourth-order valence-corrected chi connectivity index (χ4v) is 2.18. The Bertz CT molecular complexity index is 446. The first-order chi connectivity index (χ1) is 9.00. The third-order valence-corrected chi connectivity index (χ3v) is 3.45. The Balaban J connectivity index is 2.02. The number of rotatable bonds is 4. The summed E-state index contributed by atoms with van der Waals surface area (Å²) in [5.41, 5.74) is 5.24. The number of aromatic nitrogens is 2. The number of hydrogen-bond donors (Lipinski definition) is 2. The molecule has 2 heterocycles. The Labute approximate surface area is 117 Å². The van der Waals surface area contributed by atoms with Gasteiger partial charge in [-0.05, 0) is 0 Å². The molecule has 0 saturated carbocycles. The van der Waals surface area contributed by atoms with Crippen LogP contribution in [0.5, 0.6) is 0 Å². The standard InChI is InChI=1S/C12H18N4O2S/c1-16(8-12(17)2-4-18-5-3-12)10-7-14-9(6-15-10)11(13)19/h6-7,17H,2-5,8H2,1H3,(H2,13,19). The minimum Gasteiger partial charge on any atom is -0.388 e. The van der Waals surface area contributed by atoms with E-state index in [2.05, 4.69) is 9.97 Å². The first-order valence-corrected chi connectivity index (χ1v) is 6.54. The molecule has 3 N–H and O–H groups in total. The summed E-state index contributed by atoms with van der Waals surface area (Å²) in [5.74, 6) is 0.680. The molecule has 1 aromatic rings. The van der Waals surface area contributed by atoms with Crippen molar-refractivity contribution in [3.8, 4) is 0 Å². The van der Waals surface area contributed by atoms with Crippen LogP contribution < -0.4 is 10.6 Å². The van der Waals surface area contributed by atoms with Crippen LogP contribution >= 0.6 is 12.2 Å². The summed E-state index contributed by atoms with van der Waals surface area (Å²) in [7, 11) is 1.87. The summed E-state index contributed by atoms with van der Waals surface area (Å²) in [6.07, 6.45) is 4.42. The summed E-state index contributed by atoms with van der Waals surface area (Å²) in [6.45, 7) is 1.68. The molecule has 1 saturated heterocycles. The van der Waals surface area contributed by atoms with Gasteiger partial charge >= 0.3 is 0 Å². The Morgan fingerprint density at radius 2 is 2.16 bits per heavy atom. The summed E-state index contributed by atoms with van der Waals surface area (Å²) in [5, 5.41) is 10.4. The van der Waals surface area contributed by atoms with E-state index in [0.29, 0.717) is 44.1 Å². The predicted octanol–water partition coefficient (Wildman–Crippen LogP) is 0.0885. The van der Waals surface area contributed by atoms with Gasteiger partial charge in [0, 0.05) is 39.6 Å². The highest BCUT2D eigenvalue weighted by molar-refractivity contribution is 7.80. The number of likely N-dealkylation sites (N-methyl/N-ethyl adjacent to an activating group) is 1. The van der Waals surface area contributed by atoms with Crippen molar-refractivity contribution in [1.82, 2.24) is 9.97 Å². The van der Waals surface area contributed by atoms with E-state index in [0.717, 1.165) is 0 Å². The van der Waals surface area contributed by atoms with Gasteiger partial charge in [-0.1, -0.05) is 12.2 Å². The molecule has 0 unspecified atom stereocenters. The van der Waals surface area contributed by atoms with Crippen LogP contribution in [0.1, 0.15) is 18.5 Å². The number of aliphatic hydroxyl groups is 1. The van der Waals surface area contributed by atoms with Crippen LogP contribution in [-0.2, 0) is 4.74 Å². The number of nitrogens with two attached hydrogens (primary N) is 1. The van der Waals surface area contributed by atoms with E-state index in [4.69, 9.17) is 22.7 Å². The quantitative estimate of drug-likeness (QED) is 0.757. The van der Waals surface area contributed by atoms with E-state index >= 15 is 0 Å². The fourth-order valence-electron chi connectivity index (χ4n) is 2.08. The zero-order valence-corrected chi connectivity index (χ0v) is 11.7. The van der Waals surface area contributed by atoms with Gasteiger partial charge in [0.15, 0.2) is 0 Å². The molecule has 1 aliphatic heterocycles. The van der Waals surface area contributed by atoms with Gasteiger partial charge in [-0.2, -0.15) is 0 Å². The number of nitrogens with zero attached hydrogens (tertiary/aromatic N) is 3. The molecule has 0 aromatic carbocycles. The minimum absolute atomic E-state index is 0.227. The maximum atomic E-state index is 10.4. The van der Waals surface area contributed by atoms with E-state index in [9.17, 15) is 5.11 Å². The van der Waals surface area contributed by atoms with Crippen molar-refractivity contribution in [2.75, 3.05) is 31.7 Å². The monoisotopic (exact) mass is 282 g/mol. The van der Waals surface area contributed by atoms with Gasteiger partial charge in [0.05, 0.1) is 18.0 Å². The molecule has 104 valence electrons. The van der Waals surface area contributed by atoms with E-state index in [-0.39, 0.29) is 4.99 Å². The Kier molecular flexibility index (Phi) is 4.28. The second-order valence-electron chi connectivity index (χ2n) is 4.82. The summed E-state index contributed by atoms with van der Waals surface area (Å²) >= 11 is 4.83. The van der Waals surface area contributed by atoms with Gasteiger partial charge < -0.3 is 20.5 Å². The highest BCUT2D eigenvalue weighted by Gasteiger charge is 2.31. The van der Waals surface area contributed by atoms with Crippen molar-refractivity contribution >= 4 is 23.0 Å². The van der Waals surface area contributed by atoms with Crippen LogP contribution in [0.3, 0.4) is 0 Å². The highest BCUT2D eigenvalue weighted by atomic mass is 32.1. The minimum atomic E-state index is -0.726. The molecule has 2 rings (SSSR count). The maximum absolute atomic E-state index is 10.4. The maximum Gasteiger partial charge on any atom is 0.146 e. The molecular weight excluding hydrogens is 264 g/mol. The third-order valence-electron chi connectivity index (χ3n) is 3.24. The van der Waals surface area contributed by atoms with E-state index in [1.54, 1.807) is 12.4 Å². The second-order valence-corrected chi connectivity index (χ2v) is 5.26. The molecule has 1 aromatic heterocycles. The Morgan fingerprint density at radius 3 is 2.68 bits per heavy atom. The molecule has 1 fully saturated rings. The molecule has 19 heavy (non-hydrogen) atoms. The summed E-state index contributed by atoms with van der Waals surface area (Å²) in [6, 6.07) is 0. The van der Waals surface area contributed by atoms with E-state index in [1.165, 1.54) is 0 Å². The molecule has 0 atom stereocenters. The zero-order valence-electron chi connectivity index (χ0n) is 10.9. The largest absolute Gasteiger partial charge is 0.388 e. The first kappa shape index (κ1) is 14.1. The lowest BCUT2D eigenvalue weighted by atomic mass is 9.94. The van der Waals surface area contributed by atoms with E-state index < -0.39 is 5.60 Å². The van der Waals surface area contributed by atoms with Crippen molar-refractivity contribution in [3.63, 3.8) is 0 Å².